The summed E-state index contributed by atoms with van der Waals surface area (Å²) in [4.78, 5) is 85.7. The topological polar surface area (TPSA) is 276 Å². The monoisotopic (exact) mass is 642 g/mol. The fourth-order valence-corrected chi connectivity index (χ4v) is 2.74. The number of hydrogen-bond acceptors (Lipinski definition) is 10. The van der Waals surface area contributed by atoms with E-state index >= 15 is 0 Å². The van der Waals surface area contributed by atoms with Crippen LogP contribution in [-0.2, 0) is 47.8 Å². The smallest absolute Gasteiger partial charge is 0.320 e. The van der Waals surface area contributed by atoms with Crippen molar-refractivity contribution in [2.24, 2.45) is 17.8 Å². The molecule has 0 aromatic carbocycles. The Morgan fingerprint density at radius 3 is 0.841 bits per heavy atom. The molecule has 0 saturated heterocycles. The molecule has 0 bridgehead atoms. The van der Waals surface area contributed by atoms with E-state index in [0.29, 0.717) is 8.97 Å². The lowest BCUT2D eigenvalue weighted by molar-refractivity contribution is -0.873. The van der Waals surface area contributed by atoms with Crippen LogP contribution in [0.2, 0.25) is 0 Å². The molecule has 2 atom stereocenters. The van der Waals surface area contributed by atoms with Gasteiger partial charge in [-0.25, -0.2) is 0 Å². The van der Waals surface area contributed by atoms with Gasteiger partial charge in [-0.15, -0.1) is 0 Å². The summed E-state index contributed by atoms with van der Waals surface area (Å²) in [6.45, 7) is 4.03. The number of carbonyl (C=O) groups excluding carboxylic acids is 2. The number of quaternary nitrogens is 2. The Kier molecular flexibility index (Phi) is 19.8. The Bertz CT molecular complexity index is 920. The third-order valence-electron chi connectivity index (χ3n) is 5.06. The zero-order valence-corrected chi connectivity index (χ0v) is 26.4. The minimum absolute atomic E-state index is 0.253. The van der Waals surface area contributed by atoms with Crippen molar-refractivity contribution in [3.8, 4) is 0 Å². The van der Waals surface area contributed by atoms with Gasteiger partial charge in [-0.1, -0.05) is 0 Å². The molecule has 0 aromatic heterocycles. The largest absolute Gasteiger partial charge is 0.481 e. The van der Waals surface area contributed by atoms with Crippen LogP contribution < -0.4 is 0 Å². The average molecular weight is 643 g/mol. The number of carbonyl (C=O) groups is 8. The Hall–Kier alpha value is -4.32. The second kappa shape index (κ2) is 19.8. The van der Waals surface area contributed by atoms with E-state index < -0.39 is 77.7 Å². The molecule has 0 aromatic rings. The summed E-state index contributed by atoms with van der Waals surface area (Å²) in [6, 6.07) is 0. The summed E-state index contributed by atoms with van der Waals surface area (Å²) in [6.07, 6.45) is -2.57. The number of aliphatic carboxylic acids is 6. The molecule has 0 aliphatic carbocycles. The summed E-state index contributed by atoms with van der Waals surface area (Å²) in [7, 11) is 10.9. The molecule has 0 heterocycles. The third-order valence-corrected chi connectivity index (χ3v) is 5.06. The molecule has 18 nitrogen and oxygen atoms in total. The molecule has 0 fully saturated rings. The van der Waals surface area contributed by atoms with Crippen LogP contribution in [0.15, 0.2) is 0 Å². The molecule has 2 unspecified atom stereocenters. The van der Waals surface area contributed by atoms with Crippen LogP contribution in [0, 0.1) is 17.8 Å². The van der Waals surface area contributed by atoms with E-state index in [4.69, 9.17) is 40.1 Å². The standard InChI is InChI=1S/C18H32N2O8.2C4H6O4/c1-12(17(25)27-13(8-15(21)22)10-19(2,3)4)18(26)28-14(9-16(23)24)11-20(5,6)7;2*1-2(3(5)6)4(7)8/h12-14H,8-11H2,1-7H3;2*2H,1H3,(H,5,6)(H,7,8)/p+2. The average Bonchev–Trinajstić information content (AvgIpc) is 2.79. The molecule has 0 saturated carbocycles. The quantitative estimate of drug-likeness (QED) is 0.0696. The highest BCUT2D eigenvalue weighted by atomic mass is 16.6. The molecule has 0 spiro atoms. The zero-order valence-electron chi connectivity index (χ0n) is 26.4. The first-order valence-corrected chi connectivity index (χ1v) is 13.0. The number of hydrogen-bond donors (Lipinski definition) is 6. The number of carboxylic acid groups (broad SMARTS) is 6. The summed E-state index contributed by atoms with van der Waals surface area (Å²) in [5.74, 6) is -13.2. The molecule has 6 N–H and O–H groups in total. The maximum Gasteiger partial charge on any atom is 0.320 e. The van der Waals surface area contributed by atoms with Crippen LogP contribution in [-0.4, -0.2) is 155 Å². The minimum atomic E-state index is -1.31. The van der Waals surface area contributed by atoms with E-state index in [1.54, 1.807) is 0 Å². The number of esters is 2. The predicted octanol–water partition coefficient (Wildman–Crippen LogP) is -0.609. The molecule has 254 valence electrons. The van der Waals surface area contributed by atoms with Gasteiger partial charge in [0.15, 0.2) is 30.0 Å². The summed E-state index contributed by atoms with van der Waals surface area (Å²) in [5.41, 5.74) is 0. The van der Waals surface area contributed by atoms with E-state index in [-0.39, 0.29) is 25.9 Å². The van der Waals surface area contributed by atoms with E-state index in [9.17, 15) is 38.4 Å². The first-order chi connectivity index (χ1) is 19.6. The van der Waals surface area contributed by atoms with Gasteiger partial charge in [0.1, 0.15) is 13.1 Å². The van der Waals surface area contributed by atoms with Crippen LogP contribution in [0.5, 0.6) is 0 Å². The van der Waals surface area contributed by atoms with Crippen LogP contribution in [0.4, 0.5) is 0 Å². The van der Waals surface area contributed by atoms with Gasteiger partial charge in [-0.05, 0) is 20.8 Å². The van der Waals surface area contributed by atoms with E-state index in [1.807, 2.05) is 42.3 Å². The van der Waals surface area contributed by atoms with Gasteiger partial charge in [0.2, 0.25) is 0 Å². The summed E-state index contributed by atoms with van der Waals surface area (Å²) in [5, 5.41) is 49.9. The highest BCUT2D eigenvalue weighted by molar-refractivity contribution is 5.95. The lowest BCUT2D eigenvalue weighted by Crippen LogP contribution is -2.46. The van der Waals surface area contributed by atoms with E-state index in [2.05, 4.69) is 0 Å². The minimum Gasteiger partial charge on any atom is -0.481 e. The van der Waals surface area contributed by atoms with Crippen molar-refractivity contribution in [2.75, 3.05) is 55.4 Å². The number of carboxylic acids is 6. The lowest BCUT2D eigenvalue weighted by Gasteiger charge is -2.30. The molecule has 0 aliphatic heterocycles. The number of nitrogens with zero attached hydrogens (tertiary/aromatic N) is 2. The van der Waals surface area contributed by atoms with Crippen molar-refractivity contribution < 1.29 is 87.4 Å². The van der Waals surface area contributed by atoms with Crippen molar-refractivity contribution in [1.29, 1.82) is 0 Å². The molecule has 0 radical (unpaired) electrons. The third kappa shape index (κ3) is 24.3. The van der Waals surface area contributed by atoms with Gasteiger partial charge in [-0.2, -0.15) is 0 Å². The maximum atomic E-state index is 12.3. The van der Waals surface area contributed by atoms with Crippen molar-refractivity contribution in [1.82, 2.24) is 0 Å². The van der Waals surface area contributed by atoms with Crippen molar-refractivity contribution in [3.05, 3.63) is 0 Å². The number of likely N-dealkylation sites (N-methyl/N-ethyl adjacent to an activating group) is 2. The zero-order chi connectivity index (χ0) is 35.7. The Labute approximate surface area is 254 Å². The first kappa shape index (κ1) is 44.1. The summed E-state index contributed by atoms with van der Waals surface area (Å²) < 4.78 is 11.2. The fraction of sp³-hybridized carbons (Fsp3) is 0.692. The molecule has 0 amide bonds. The maximum absolute atomic E-state index is 12.3. The van der Waals surface area contributed by atoms with Gasteiger partial charge >= 0.3 is 47.8 Å². The highest BCUT2D eigenvalue weighted by Gasteiger charge is 2.33. The summed E-state index contributed by atoms with van der Waals surface area (Å²) >= 11 is 0. The van der Waals surface area contributed by atoms with Crippen molar-refractivity contribution >= 4 is 47.8 Å². The Balaban J connectivity index is -0.000000851. The van der Waals surface area contributed by atoms with Crippen LogP contribution in [0.3, 0.4) is 0 Å². The predicted molar refractivity (Wildman–Crippen MR) is 148 cm³/mol. The number of rotatable bonds is 16. The molecule has 0 rings (SSSR count). The lowest BCUT2D eigenvalue weighted by atomic mass is 10.1. The molecular weight excluding hydrogens is 596 g/mol. The SMILES string of the molecule is CC(C(=O)O)C(=O)O.CC(C(=O)O)C(=O)O.CC(C(=O)OC(CC(=O)O)C[N+](C)(C)C)C(=O)OC(CC(=O)O)C[N+](C)(C)C. The second-order valence-electron chi connectivity index (χ2n) is 11.8. The van der Waals surface area contributed by atoms with Crippen LogP contribution in [0.1, 0.15) is 33.6 Å². The first-order valence-electron chi connectivity index (χ1n) is 13.0. The van der Waals surface area contributed by atoms with Gasteiger partial charge in [0.25, 0.3) is 0 Å². The van der Waals surface area contributed by atoms with Gasteiger partial charge in [0.05, 0.1) is 55.1 Å². The fourth-order valence-electron chi connectivity index (χ4n) is 2.74. The Morgan fingerprint density at radius 2 is 0.705 bits per heavy atom. The van der Waals surface area contributed by atoms with Gasteiger partial charge in [-0.3, -0.25) is 38.4 Å². The molecule has 18 heteroatoms. The van der Waals surface area contributed by atoms with Gasteiger partial charge < -0.3 is 49.1 Å². The van der Waals surface area contributed by atoms with Crippen molar-refractivity contribution in [2.45, 2.75) is 45.8 Å². The molecular formula is C26H46N2O16+2. The van der Waals surface area contributed by atoms with Crippen molar-refractivity contribution in [3.63, 3.8) is 0 Å². The Morgan fingerprint density at radius 1 is 0.477 bits per heavy atom. The number of ether oxygens (including phenoxy) is 2. The highest BCUT2D eigenvalue weighted by Crippen LogP contribution is 2.13. The van der Waals surface area contributed by atoms with Crippen LogP contribution >= 0.6 is 0 Å². The second-order valence-corrected chi connectivity index (χ2v) is 11.8. The molecule has 0 aliphatic rings. The molecule has 44 heavy (non-hydrogen) atoms. The van der Waals surface area contributed by atoms with E-state index in [0.717, 1.165) is 13.8 Å². The normalized spacial score (nSPS) is 13.1. The van der Waals surface area contributed by atoms with Gasteiger partial charge in [0, 0.05) is 0 Å². The van der Waals surface area contributed by atoms with E-state index in [1.165, 1.54) is 6.92 Å². The van der Waals surface area contributed by atoms with Crippen LogP contribution in [0.25, 0.3) is 0 Å².